The molecule has 1 aliphatic rings. The minimum absolute atomic E-state index is 0.292. The average Bonchev–Trinajstić information content (AvgIpc) is 3.30. The molecule has 114 valence electrons. The summed E-state index contributed by atoms with van der Waals surface area (Å²) >= 11 is 1.60. The third-order valence-corrected chi connectivity index (χ3v) is 4.25. The van der Waals surface area contributed by atoms with Crippen LogP contribution in [0.25, 0.3) is 11.4 Å². The van der Waals surface area contributed by atoms with Crippen LogP contribution in [0.5, 0.6) is 0 Å². The lowest BCUT2D eigenvalue weighted by Crippen LogP contribution is -2.14. The number of hydrogen-bond donors (Lipinski definition) is 0. The van der Waals surface area contributed by atoms with Crippen molar-refractivity contribution in [1.29, 1.82) is 0 Å². The van der Waals surface area contributed by atoms with Crippen LogP contribution in [-0.4, -0.2) is 43.6 Å². The highest BCUT2D eigenvalue weighted by atomic mass is 32.1. The zero-order valence-electron chi connectivity index (χ0n) is 11.8. The first-order chi connectivity index (χ1) is 10.9. The maximum Gasteiger partial charge on any atom is 0.230 e. The summed E-state index contributed by atoms with van der Waals surface area (Å²) in [5, 5.41) is 20.4. The third-order valence-electron chi connectivity index (χ3n) is 3.57. The van der Waals surface area contributed by atoms with E-state index in [0.717, 1.165) is 31.6 Å². The molecule has 4 rings (SSSR count). The van der Waals surface area contributed by atoms with Crippen LogP contribution < -0.4 is 0 Å². The smallest absolute Gasteiger partial charge is 0.230 e. The van der Waals surface area contributed by atoms with Gasteiger partial charge < -0.3 is 9.26 Å². The van der Waals surface area contributed by atoms with Crippen LogP contribution in [0, 0.1) is 0 Å². The van der Waals surface area contributed by atoms with Gasteiger partial charge in [0.1, 0.15) is 6.54 Å². The molecular formula is C13H14N6O2S. The zero-order valence-corrected chi connectivity index (χ0v) is 12.6. The van der Waals surface area contributed by atoms with Gasteiger partial charge in [-0.15, -0.1) is 10.2 Å². The fourth-order valence-corrected chi connectivity index (χ4v) is 3.02. The molecule has 3 aromatic heterocycles. The van der Waals surface area contributed by atoms with Gasteiger partial charge in [-0.1, -0.05) is 5.16 Å². The van der Waals surface area contributed by atoms with E-state index in [2.05, 4.69) is 25.6 Å². The van der Waals surface area contributed by atoms with Gasteiger partial charge in [-0.05, 0) is 29.5 Å². The Morgan fingerprint density at radius 2 is 2.23 bits per heavy atom. The summed E-state index contributed by atoms with van der Waals surface area (Å²) in [6.07, 6.45) is 1.84. The molecule has 0 N–H and O–H groups in total. The first kappa shape index (κ1) is 13.5. The van der Waals surface area contributed by atoms with Crippen molar-refractivity contribution in [2.75, 3.05) is 13.2 Å². The van der Waals surface area contributed by atoms with Crippen molar-refractivity contribution in [2.24, 2.45) is 0 Å². The monoisotopic (exact) mass is 318 g/mol. The Balaban J connectivity index is 1.46. The second kappa shape index (κ2) is 5.93. The van der Waals surface area contributed by atoms with Gasteiger partial charge in [0.15, 0.2) is 5.82 Å². The Labute approximate surface area is 130 Å². The minimum Gasteiger partial charge on any atom is -0.381 e. The molecule has 1 aliphatic heterocycles. The van der Waals surface area contributed by atoms with E-state index in [1.807, 2.05) is 16.8 Å². The molecule has 9 heteroatoms. The molecule has 0 aromatic carbocycles. The van der Waals surface area contributed by atoms with Gasteiger partial charge in [-0.25, -0.2) is 0 Å². The lowest BCUT2D eigenvalue weighted by molar-refractivity contribution is 0.0778. The van der Waals surface area contributed by atoms with Crippen LogP contribution in [0.15, 0.2) is 21.3 Å². The SMILES string of the molecule is c1cc(-c2nnn(Cc3noc(C4CCOCC4)n3)n2)cs1. The lowest BCUT2D eigenvalue weighted by atomic mass is 10.0. The van der Waals surface area contributed by atoms with E-state index in [1.165, 1.54) is 4.80 Å². The molecule has 0 radical (unpaired) electrons. The zero-order chi connectivity index (χ0) is 14.8. The average molecular weight is 318 g/mol. The molecule has 0 saturated carbocycles. The fourth-order valence-electron chi connectivity index (χ4n) is 2.39. The molecule has 0 spiro atoms. The Morgan fingerprint density at radius 3 is 3.05 bits per heavy atom. The number of aromatic nitrogens is 6. The molecule has 22 heavy (non-hydrogen) atoms. The molecule has 0 amide bonds. The van der Waals surface area contributed by atoms with Crippen LogP contribution >= 0.6 is 11.3 Å². The van der Waals surface area contributed by atoms with Crippen LogP contribution in [0.3, 0.4) is 0 Å². The molecule has 0 aliphatic carbocycles. The highest BCUT2D eigenvalue weighted by Gasteiger charge is 2.22. The summed E-state index contributed by atoms with van der Waals surface area (Å²) in [5.74, 6) is 2.14. The number of ether oxygens (including phenoxy) is 1. The van der Waals surface area contributed by atoms with Crippen molar-refractivity contribution in [1.82, 2.24) is 30.3 Å². The van der Waals surface area contributed by atoms with Crippen molar-refractivity contribution in [3.63, 3.8) is 0 Å². The highest BCUT2D eigenvalue weighted by Crippen LogP contribution is 2.25. The summed E-state index contributed by atoms with van der Waals surface area (Å²) in [5.41, 5.74) is 0.965. The van der Waals surface area contributed by atoms with Crippen LogP contribution in [0.4, 0.5) is 0 Å². The third kappa shape index (κ3) is 2.77. The quantitative estimate of drug-likeness (QED) is 0.723. The summed E-state index contributed by atoms with van der Waals surface area (Å²) in [6, 6.07) is 1.96. The molecule has 1 saturated heterocycles. The number of nitrogens with zero attached hydrogens (tertiary/aromatic N) is 6. The van der Waals surface area contributed by atoms with Crippen LogP contribution in [0.1, 0.15) is 30.5 Å². The van der Waals surface area contributed by atoms with Crippen molar-refractivity contribution in [2.45, 2.75) is 25.3 Å². The molecule has 1 fully saturated rings. The number of hydrogen-bond acceptors (Lipinski definition) is 8. The Kier molecular flexibility index (Phi) is 3.65. The van der Waals surface area contributed by atoms with Gasteiger partial charge in [-0.3, -0.25) is 0 Å². The van der Waals surface area contributed by atoms with E-state index >= 15 is 0 Å². The molecule has 8 nitrogen and oxygen atoms in total. The normalized spacial score (nSPS) is 16.2. The summed E-state index contributed by atoms with van der Waals surface area (Å²) < 4.78 is 10.7. The number of rotatable bonds is 4. The van der Waals surface area contributed by atoms with E-state index in [-0.39, 0.29) is 0 Å². The van der Waals surface area contributed by atoms with Gasteiger partial charge >= 0.3 is 0 Å². The predicted molar refractivity (Wildman–Crippen MR) is 77.3 cm³/mol. The van der Waals surface area contributed by atoms with Crippen molar-refractivity contribution in [3.8, 4) is 11.4 Å². The maximum atomic E-state index is 5.35. The van der Waals surface area contributed by atoms with E-state index < -0.39 is 0 Å². The molecule has 0 unspecified atom stereocenters. The molecule has 4 heterocycles. The maximum absolute atomic E-state index is 5.35. The standard InChI is InChI=1S/C13H14N6O2S/c1-4-20-5-2-9(1)13-14-11(17-21-13)7-19-16-12(15-18-19)10-3-6-22-8-10/h3,6,8-9H,1-2,4-5,7H2. The Hall–Kier alpha value is -2.13. The van der Waals surface area contributed by atoms with Gasteiger partial charge in [0.05, 0.1) is 0 Å². The van der Waals surface area contributed by atoms with Gasteiger partial charge in [0, 0.05) is 30.1 Å². The second-order valence-electron chi connectivity index (χ2n) is 5.09. The summed E-state index contributed by atoms with van der Waals surface area (Å²) in [7, 11) is 0. The first-order valence-electron chi connectivity index (χ1n) is 7.09. The minimum atomic E-state index is 0.292. The Morgan fingerprint density at radius 1 is 1.32 bits per heavy atom. The summed E-state index contributed by atoms with van der Waals surface area (Å²) in [4.78, 5) is 5.92. The predicted octanol–water partition coefficient (Wildman–Crippen LogP) is 1.73. The van der Waals surface area contributed by atoms with Gasteiger partial charge in [-0.2, -0.15) is 21.1 Å². The van der Waals surface area contributed by atoms with E-state index in [1.54, 1.807) is 11.3 Å². The highest BCUT2D eigenvalue weighted by molar-refractivity contribution is 7.08. The largest absolute Gasteiger partial charge is 0.381 e. The number of tetrazole rings is 1. The molecular weight excluding hydrogens is 304 g/mol. The van der Waals surface area contributed by atoms with Crippen molar-refractivity contribution >= 4 is 11.3 Å². The van der Waals surface area contributed by atoms with Crippen molar-refractivity contribution < 1.29 is 9.26 Å². The Bertz CT molecular complexity index is 731. The molecule has 0 bridgehead atoms. The van der Waals surface area contributed by atoms with E-state index in [9.17, 15) is 0 Å². The summed E-state index contributed by atoms with van der Waals surface area (Å²) in [6.45, 7) is 1.85. The second-order valence-corrected chi connectivity index (χ2v) is 5.87. The lowest BCUT2D eigenvalue weighted by Gasteiger charge is -2.17. The van der Waals surface area contributed by atoms with Crippen molar-refractivity contribution in [3.05, 3.63) is 28.5 Å². The topological polar surface area (TPSA) is 91.8 Å². The molecule has 3 aromatic rings. The first-order valence-corrected chi connectivity index (χ1v) is 8.03. The van der Waals surface area contributed by atoms with Crippen LogP contribution in [0.2, 0.25) is 0 Å². The molecule has 0 atom stereocenters. The van der Waals surface area contributed by atoms with Gasteiger partial charge in [0.25, 0.3) is 0 Å². The fraction of sp³-hybridized carbons (Fsp3) is 0.462. The van der Waals surface area contributed by atoms with E-state index in [4.69, 9.17) is 9.26 Å². The van der Waals surface area contributed by atoms with Crippen LogP contribution in [-0.2, 0) is 11.3 Å². The van der Waals surface area contributed by atoms with E-state index in [0.29, 0.717) is 30.0 Å². The number of thiophene rings is 1. The van der Waals surface area contributed by atoms with Gasteiger partial charge in [0.2, 0.25) is 11.7 Å².